The third kappa shape index (κ3) is 7.72. The van der Waals surface area contributed by atoms with Gasteiger partial charge < -0.3 is 20.5 Å². The van der Waals surface area contributed by atoms with Crippen LogP contribution >= 0.6 is 12.4 Å². The number of carbonyl (C=O) groups is 1. The second-order valence-electron chi connectivity index (χ2n) is 4.67. The zero-order valence-corrected chi connectivity index (χ0v) is 12.5. The predicted molar refractivity (Wildman–Crippen MR) is 77.6 cm³/mol. The molecule has 1 aliphatic rings. The average molecular weight is 295 g/mol. The number of ether oxygens (including phenoxy) is 2. The van der Waals surface area contributed by atoms with E-state index in [0.717, 1.165) is 38.7 Å². The second kappa shape index (κ2) is 11.5. The van der Waals surface area contributed by atoms with E-state index in [4.69, 9.17) is 15.2 Å². The Bertz CT molecular complexity index is 242. The molecule has 0 radical (unpaired) electrons. The van der Waals surface area contributed by atoms with Crippen molar-refractivity contribution in [3.63, 3.8) is 0 Å². The van der Waals surface area contributed by atoms with Crippen LogP contribution in [0.15, 0.2) is 0 Å². The van der Waals surface area contributed by atoms with E-state index in [-0.39, 0.29) is 30.5 Å². The summed E-state index contributed by atoms with van der Waals surface area (Å²) in [6.45, 7) is 4.80. The number of hydrogen-bond donors (Lipinski definition) is 2. The maximum Gasteiger partial charge on any atom is 0.249 e. The molecule has 19 heavy (non-hydrogen) atoms. The molecular formula is C13H27ClN2O3. The minimum absolute atomic E-state index is 0. The van der Waals surface area contributed by atoms with Crippen molar-refractivity contribution in [2.24, 2.45) is 5.73 Å². The first-order valence-electron chi connectivity index (χ1n) is 6.99. The lowest BCUT2D eigenvalue weighted by Gasteiger charge is -2.12. The Balaban J connectivity index is 0.00000324. The van der Waals surface area contributed by atoms with Gasteiger partial charge in [-0.25, -0.2) is 0 Å². The molecule has 1 rings (SSSR count). The summed E-state index contributed by atoms with van der Waals surface area (Å²) in [4.78, 5) is 11.7. The molecule has 3 N–H and O–H groups in total. The van der Waals surface area contributed by atoms with E-state index in [2.05, 4.69) is 12.2 Å². The number of rotatable bonds is 9. The first-order chi connectivity index (χ1) is 8.77. The van der Waals surface area contributed by atoms with E-state index < -0.39 is 0 Å². The summed E-state index contributed by atoms with van der Waals surface area (Å²) in [5, 5.41) is 2.88. The molecule has 0 bridgehead atoms. The van der Waals surface area contributed by atoms with Crippen LogP contribution < -0.4 is 11.1 Å². The quantitative estimate of drug-likeness (QED) is 0.628. The van der Waals surface area contributed by atoms with E-state index >= 15 is 0 Å². The van der Waals surface area contributed by atoms with E-state index in [1.807, 2.05) is 0 Å². The number of carbonyl (C=O) groups excluding carboxylic acids is 1. The van der Waals surface area contributed by atoms with Crippen LogP contribution in [0.1, 0.15) is 39.0 Å². The molecule has 1 saturated heterocycles. The molecular weight excluding hydrogens is 268 g/mol. The molecule has 5 nitrogen and oxygen atoms in total. The lowest BCUT2D eigenvalue weighted by Crippen LogP contribution is -2.36. The predicted octanol–water partition coefficient (Wildman–Crippen LogP) is 1.24. The summed E-state index contributed by atoms with van der Waals surface area (Å²) in [7, 11) is 0. The lowest BCUT2D eigenvalue weighted by atomic mass is 10.2. The van der Waals surface area contributed by atoms with Gasteiger partial charge in [0.2, 0.25) is 5.91 Å². The van der Waals surface area contributed by atoms with Crippen LogP contribution in [0.5, 0.6) is 0 Å². The summed E-state index contributed by atoms with van der Waals surface area (Å²) in [6, 6.07) is 0. The number of amides is 1. The zero-order valence-electron chi connectivity index (χ0n) is 11.7. The van der Waals surface area contributed by atoms with Crippen LogP contribution in [0.3, 0.4) is 0 Å². The number of hydrogen-bond acceptors (Lipinski definition) is 4. The van der Waals surface area contributed by atoms with Gasteiger partial charge in [-0.05, 0) is 25.7 Å². The van der Waals surface area contributed by atoms with Crippen molar-refractivity contribution < 1.29 is 14.3 Å². The molecule has 2 atom stereocenters. The molecule has 0 unspecified atom stereocenters. The van der Waals surface area contributed by atoms with Crippen LogP contribution in [0.2, 0.25) is 0 Å². The summed E-state index contributed by atoms with van der Waals surface area (Å²) in [5.41, 5.74) is 5.50. The summed E-state index contributed by atoms with van der Waals surface area (Å²) >= 11 is 0. The van der Waals surface area contributed by atoms with Gasteiger partial charge in [-0.2, -0.15) is 0 Å². The van der Waals surface area contributed by atoms with Gasteiger partial charge in [-0.1, -0.05) is 13.3 Å². The average Bonchev–Trinajstić information content (AvgIpc) is 2.86. The maximum absolute atomic E-state index is 11.7. The molecule has 6 heteroatoms. The summed E-state index contributed by atoms with van der Waals surface area (Å²) < 4.78 is 10.9. The zero-order chi connectivity index (χ0) is 13.2. The van der Waals surface area contributed by atoms with Gasteiger partial charge in [-0.3, -0.25) is 4.79 Å². The molecule has 0 aromatic carbocycles. The Morgan fingerprint density at radius 1 is 1.37 bits per heavy atom. The first kappa shape index (κ1) is 18.6. The van der Waals surface area contributed by atoms with Crippen LogP contribution in [0.25, 0.3) is 0 Å². The van der Waals surface area contributed by atoms with Crippen molar-refractivity contribution in [3.05, 3.63) is 0 Å². The van der Waals surface area contributed by atoms with Crippen LogP contribution in [-0.2, 0) is 14.3 Å². The minimum atomic E-state index is -0.306. The first-order valence-corrected chi connectivity index (χ1v) is 6.99. The summed E-state index contributed by atoms with van der Waals surface area (Å²) in [6.07, 6.45) is 4.51. The molecule has 0 aromatic heterocycles. The smallest absolute Gasteiger partial charge is 0.249 e. The number of nitrogens with two attached hydrogens (primary N) is 1. The van der Waals surface area contributed by atoms with E-state index in [9.17, 15) is 4.79 Å². The van der Waals surface area contributed by atoms with Crippen molar-refractivity contribution in [1.29, 1.82) is 0 Å². The second-order valence-corrected chi connectivity index (χ2v) is 4.67. The van der Waals surface area contributed by atoms with Crippen molar-refractivity contribution in [2.75, 3.05) is 26.3 Å². The van der Waals surface area contributed by atoms with Crippen molar-refractivity contribution in [1.82, 2.24) is 5.32 Å². The van der Waals surface area contributed by atoms with Gasteiger partial charge in [0.1, 0.15) is 6.10 Å². The minimum Gasteiger partial charge on any atom is -0.381 e. The molecule has 1 amide bonds. The third-order valence-electron chi connectivity index (χ3n) is 3.07. The highest BCUT2D eigenvalue weighted by Crippen LogP contribution is 2.18. The fourth-order valence-corrected chi connectivity index (χ4v) is 1.92. The van der Waals surface area contributed by atoms with Crippen LogP contribution in [0, 0.1) is 0 Å². The Morgan fingerprint density at radius 2 is 2.11 bits per heavy atom. The molecule has 1 fully saturated rings. The van der Waals surface area contributed by atoms with Crippen molar-refractivity contribution >= 4 is 18.3 Å². The van der Waals surface area contributed by atoms with Gasteiger partial charge in [-0.15, -0.1) is 12.4 Å². The van der Waals surface area contributed by atoms with Crippen molar-refractivity contribution in [2.45, 2.75) is 51.2 Å². The Morgan fingerprint density at radius 3 is 2.74 bits per heavy atom. The molecule has 0 saturated carbocycles. The third-order valence-corrected chi connectivity index (χ3v) is 3.07. The van der Waals surface area contributed by atoms with E-state index in [1.165, 1.54) is 0 Å². The SMILES string of the molecule is CCCCOCCCNC(=O)[C@@H]1CC[C@H](CN)O1.Cl. The molecule has 114 valence electrons. The van der Waals surface area contributed by atoms with Gasteiger partial charge in [0, 0.05) is 26.3 Å². The Labute approximate surface area is 122 Å². The molecule has 0 aromatic rings. The molecule has 0 spiro atoms. The topological polar surface area (TPSA) is 73.6 Å². The fourth-order valence-electron chi connectivity index (χ4n) is 1.92. The van der Waals surface area contributed by atoms with Gasteiger partial charge >= 0.3 is 0 Å². The largest absolute Gasteiger partial charge is 0.381 e. The molecule has 1 aliphatic heterocycles. The number of nitrogens with one attached hydrogen (secondary N) is 1. The highest BCUT2D eigenvalue weighted by Gasteiger charge is 2.29. The monoisotopic (exact) mass is 294 g/mol. The Hall–Kier alpha value is -0.360. The van der Waals surface area contributed by atoms with E-state index in [0.29, 0.717) is 19.7 Å². The highest BCUT2D eigenvalue weighted by molar-refractivity contribution is 5.85. The molecule has 0 aliphatic carbocycles. The van der Waals surface area contributed by atoms with Crippen LogP contribution in [-0.4, -0.2) is 44.4 Å². The van der Waals surface area contributed by atoms with Crippen molar-refractivity contribution in [3.8, 4) is 0 Å². The van der Waals surface area contributed by atoms with E-state index in [1.54, 1.807) is 0 Å². The molecule has 1 heterocycles. The maximum atomic E-state index is 11.7. The number of halogens is 1. The standard InChI is InChI=1S/C13H26N2O3.ClH/c1-2-3-8-17-9-4-7-15-13(16)12-6-5-11(10-14)18-12;/h11-12H,2-10,14H2,1H3,(H,15,16);1H/t11-,12+;/m1./s1. The fraction of sp³-hybridized carbons (Fsp3) is 0.923. The normalized spacial score (nSPS) is 22.0. The summed E-state index contributed by atoms with van der Waals surface area (Å²) in [5.74, 6) is -0.0143. The highest BCUT2D eigenvalue weighted by atomic mass is 35.5. The van der Waals surface area contributed by atoms with Gasteiger partial charge in [0.15, 0.2) is 0 Å². The lowest BCUT2D eigenvalue weighted by molar-refractivity contribution is -0.131. The van der Waals surface area contributed by atoms with Gasteiger partial charge in [0.25, 0.3) is 0 Å². The number of unbranched alkanes of at least 4 members (excludes halogenated alkanes) is 1. The van der Waals surface area contributed by atoms with Crippen LogP contribution in [0.4, 0.5) is 0 Å². The van der Waals surface area contributed by atoms with Gasteiger partial charge in [0.05, 0.1) is 6.10 Å². The Kier molecular flexibility index (Phi) is 11.2.